The van der Waals surface area contributed by atoms with E-state index in [0.717, 1.165) is 10.8 Å². The first-order valence-corrected chi connectivity index (χ1v) is 13.5. The van der Waals surface area contributed by atoms with Gasteiger partial charge < -0.3 is 20.3 Å². The van der Waals surface area contributed by atoms with Crippen molar-refractivity contribution in [2.75, 3.05) is 51.2 Å². The Bertz CT molecular complexity index is 1320. The van der Waals surface area contributed by atoms with E-state index in [2.05, 4.69) is 10.6 Å². The van der Waals surface area contributed by atoms with E-state index < -0.39 is 21.8 Å². The second-order valence-electron chi connectivity index (χ2n) is 8.58. The van der Waals surface area contributed by atoms with Crippen LogP contribution in [0.25, 0.3) is 10.8 Å². The Morgan fingerprint density at radius 3 is 2.33 bits per heavy atom. The van der Waals surface area contributed by atoms with Crippen LogP contribution in [-0.4, -0.2) is 70.4 Å². The van der Waals surface area contributed by atoms with E-state index >= 15 is 0 Å². The molecule has 0 aliphatic carbocycles. The Labute approximate surface area is 211 Å². The summed E-state index contributed by atoms with van der Waals surface area (Å²) in [7, 11) is -3.57. The number of sulfonamides is 1. The highest BCUT2D eigenvalue weighted by Crippen LogP contribution is 2.22. The molecule has 36 heavy (non-hydrogen) atoms. The van der Waals surface area contributed by atoms with Crippen molar-refractivity contribution in [3.8, 4) is 5.75 Å². The van der Waals surface area contributed by atoms with Crippen LogP contribution in [0.1, 0.15) is 6.92 Å². The summed E-state index contributed by atoms with van der Waals surface area (Å²) in [4.78, 5) is 25.8. The predicted octanol–water partition coefficient (Wildman–Crippen LogP) is 0.883. The summed E-state index contributed by atoms with van der Waals surface area (Å²) in [6.45, 7) is 5.41. The average molecular weight is 512 g/mol. The number of amides is 2. The maximum absolute atomic E-state index is 13.1. The largest absolute Gasteiger partial charge is 0.494 e. The first kappa shape index (κ1) is 25.6. The lowest BCUT2D eigenvalue weighted by Crippen LogP contribution is -3.15. The van der Waals surface area contributed by atoms with E-state index in [-0.39, 0.29) is 0 Å². The maximum Gasteiger partial charge on any atom is 0.313 e. The summed E-state index contributed by atoms with van der Waals surface area (Å²) >= 11 is 0. The van der Waals surface area contributed by atoms with Crippen molar-refractivity contribution in [3.05, 3.63) is 66.7 Å². The molecule has 0 aromatic heterocycles. The molecule has 0 bridgehead atoms. The first-order valence-electron chi connectivity index (χ1n) is 12.0. The number of rotatable bonds is 8. The van der Waals surface area contributed by atoms with Crippen LogP contribution < -0.4 is 20.3 Å². The van der Waals surface area contributed by atoms with Gasteiger partial charge in [-0.1, -0.05) is 30.3 Å². The molecule has 0 atom stereocenters. The van der Waals surface area contributed by atoms with E-state index in [1.807, 2.05) is 37.3 Å². The monoisotopic (exact) mass is 511 g/mol. The quantitative estimate of drug-likeness (QED) is 0.389. The molecule has 10 heteroatoms. The number of nitrogens with one attached hydrogen (secondary N) is 3. The molecular weight excluding hydrogens is 480 g/mol. The van der Waals surface area contributed by atoms with Gasteiger partial charge in [0.25, 0.3) is 0 Å². The van der Waals surface area contributed by atoms with Crippen LogP contribution in [0.4, 0.5) is 5.69 Å². The molecule has 1 saturated heterocycles. The lowest BCUT2D eigenvalue weighted by molar-refractivity contribution is -0.902. The van der Waals surface area contributed by atoms with Gasteiger partial charge in [-0.15, -0.1) is 0 Å². The Morgan fingerprint density at radius 2 is 1.64 bits per heavy atom. The molecule has 1 aliphatic heterocycles. The number of piperazine rings is 1. The van der Waals surface area contributed by atoms with Crippen molar-refractivity contribution < 1.29 is 27.6 Å². The number of hydrogen-bond acceptors (Lipinski definition) is 5. The molecule has 1 aliphatic rings. The minimum Gasteiger partial charge on any atom is -0.494 e. The second kappa shape index (κ2) is 11.5. The molecule has 0 radical (unpaired) electrons. The molecule has 0 unspecified atom stereocenters. The summed E-state index contributed by atoms with van der Waals surface area (Å²) in [5.41, 5.74) is 0.507. The number of ether oxygens (including phenoxy) is 1. The fourth-order valence-electron chi connectivity index (χ4n) is 4.19. The van der Waals surface area contributed by atoms with Crippen molar-refractivity contribution >= 4 is 38.3 Å². The molecule has 3 aromatic carbocycles. The van der Waals surface area contributed by atoms with Gasteiger partial charge in [0.05, 0.1) is 50.8 Å². The fraction of sp³-hybridized carbons (Fsp3) is 0.308. The molecule has 3 N–H and O–H groups in total. The fourth-order valence-corrected chi connectivity index (χ4v) is 5.67. The van der Waals surface area contributed by atoms with Gasteiger partial charge in [0.15, 0.2) is 0 Å². The molecule has 0 saturated carbocycles. The number of carbonyl (C=O) groups is 2. The SMILES string of the molecule is CCOc1ccc(NC(=O)C(=O)NCC[NH+]2CCN(S(=O)(=O)c3ccc4ccccc4c3)CC2)cc1. The summed E-state index contributed by atoms with van der Waals surface area (Å²) < 4.78 is 33.1. The standard InChI is InChI=1S/C26H30N4O5S/c1-2-35-23-10-8-22(9-11-23)28-26(32)25(31)27-13-14-29-15-17-30(18-16-29)36(33,34)24-12-7-20-5-3-4-6-21(20)19-24/h3-12,19H,2,13-18H2,1H3,(H,27,31)(H,28,32)/p+1. The highest BCUT2D eigenvalue weighted by Gasteiger charge is 2.30. The molecule has 190 valence electrons. The third-order valence-electron chi connectivity index (χ3n) is 6.18. The highest BCUT2D eigenvalue weighted by atomic mass is 32.2. The lowest BCUT2D eigenvalue weighted by Gasteiger charge is -2.31. The molecule has 1 fully saturated rings. The van der Waals surface area contributed by atoms with Gasteiger partial charge in [-0.05, 0) is 54.1 Å². The number of benzene rings is 3. The van der Waals surface area contributed by atoms with Gasteiger partial charge in [0.1, 0.15) is 5.75 Å². The second-order valence-corrected chi connectivity index (χ2v) is 10.5. The van der Waals surface area contributed by atoms with Gasteiger partial charge in [-0.25, -0.2) is 8.42 Å². The molecule has 2 amide bonds. The van der Waals surface area contributed by atoms with E-state index in [1.54, 1.807) is 36.4 Å². The zero-order chi connectivity index (χ0) is 25.5. The van der Waals surface area contributed by atoms with E-state index in [9.17, 15) is 18.0 Å². The number of carbonyl (C=O) groups excluding carboxylic acids is 2. The van der Waals surface area contributed by atoms with Gasteiger partial charge in [-0.3, -0.25) is 9.59 Å². The van der Waals surface area contributed by atoms with Crippen LogP contribution in [0, 0.1) is 0 Å². The summed E-state index contributed by atoms with van der Waals surface area (Å²) in [6, 6.07) is 19.7. The minimum absolute atomic E-state index is 0.301. The number of quaternary nitrogens is 1. The molecular formula is C26H31N4O5S+. The zero-order valence-electron chi connectivity index (χ0n) is 20.2. The van der Waals surface area contributed by atoms with E-state index in [0.29, 0.717) is 62.2 Å². The Balaban J connectivity index is 1.21. The number of anilines is 1. The number of fused-ring (bicyclic) bond motifs is 1. The third-order valence-corrected chi connectivity index (χ3v) is 8.08. The molecule has 4 rings (SSSR count). The van der Waals surface area contributed by atoms with Crippen LogP contribution in [0.2, 0.25) is 0 Å². The van der Waals surface area contributed by atoms with E-state index in [4.69, 9.17) is 4.74 Å². The summed E-state index contributed by atoms with van der Waals surface area (Å²) in [6.07, 6.45) is 0. The maximum atomic E-state index is 13.1. The lowest BCUT2D eigenvalue weighted by atomic mass is 10.1. The predicted molar refractivity (Wildman–Crippen MR) is 138 cm³/mol. The van der Waals surface area contributed by atoms with Gasteiger partial charge in [0.2, 0.25) is 10.0 Å². The van der Waals surface area contributed by atoms with Crippen LogP contribution in [0.15, 0.2) is 71.6 Å². The van der Waals surface area contributed by atoms with Gasteiger partial charge in [0, 0.05) is 5.69 Å². The van der Waals surface area contributed by atoms with Crippen LogP contribution in [0.5, 0.6) is 5.75 Å². The van der Waals surface area contributed by atoms with Crippen molar-refractivity contribution in [3.63, 3.8) is 0 Å². The first-order chi connectivity index (χ1) is 17.4. The smallest absolute Gasteiger partial charge is 0.313 e. The number of hydrogen-bond donors (Lipinski definition) is 3. The highest BCUT2D eigenvalue weighted by molar-refractivity contribution is 7.89. The molecule has 1 heterocycles. The van der Waals surface area contributed by atoms with Crippen LogP contribution in [0.3, 0.4) is 0 Å². The van der Waals surface area contributed by atoms with E-state index in [1.165, 1.54) is 9.21 Å². The molecule has 3 aromatic rings. The van der Waals surface area contributed by atoms with Crippen molar-refractivity contribution in [1.29, 1.82) is 0 Å². The Hall–Kier alpha value is -3.47. The van der Waals surface area contributed by atoms with Crippen LogP contribution >= 0.6 is 0 Å². The minimum atomic E-state index is -3.57. The summed E-state index contributed by atoms with van der Waals surface area (Å²) in [5, 5.41) is 7.09. The Morgan fingerprint density at radius 1 is 0.944 bits per heavy atom. The molecule has 0 spiro atoms. The van der Waals surface area contributed by atoms with Crippen molar-refractivity contribution in [1.82, 2.24) is 9.62 Å². The normalized spacial score (nSPS) is 14.9. The van der Waals surface area contributed by atoms with Gasteiger partial charge >= 0.3 is 11.8 Å². The average Bonchev–Trinajstić information content (AvgIpc) is 2.90. The third kappa shape index (κ3) is 6.20. The summed E-state index contributed by atoms with van der Waals surface area (Å²) in [5.74, 6) is -0.755. The Kier molecular flexibility index (Phi) is 8.19. The zero-order valence-corrected chi connectivity index (χ0v) is 21.0. The topological polar surface area (TPSA) is 109 Å². The van der Waals surface area contributed by atoms with Crippen LogP contribution in [-0.2, 0) is 19.6 Å². The molecule has 9 nitrogen and oxygen atoms in total. The van der Waals surface area contributed by atoms with Gasteiger partial charge in [-0.2, -0.15) is 4.31 Å². The number of nitrogens with zero attached hydrogens (tertiary/aromatic N) is 1. The van der Waals surface area contributed by atoms with Crippen molar-refractivity contribution in [2.45, 2.75) is 11.8 Å². The van der Waals surface area contributed by atoms with Crippen molar-refractivity contribution in [2.24, 2.45) is 0 Å².